The van der Waals surface area contributed by atoms with Crippen LogP contribution in [0, 0.1) is 5.92 Å². The first-order valence-corrected chi connectivity index (χ1v) is 4.68. The quantitative estimate of drug-likeness (QED) is 0.659. The van der Waals surface area contributed by atoms with Crippen molar-refractivity contribution in [3.8, 4) is 0 Å². The molecule has 3 heteroatoms. The Balaban J connectivity index is 2.40. The lowest BCUT2D eigenvalue weighted by Crippen LogP contribution is -2.31. The van der Waals surface area contributed by atoms with Gasteiger partial charge < -0.3 is 10.6 Å². The zero-order chi connectivity index (χ0) is 9.14. The maximum Gasteiger partial charge on any atom is 0.222 e. The van der Waals surface area contributed by atoms with E-state index in [4.69, 9.17) is 5.73 Å². The summed E-state index contributed by atoms with van der Waals surface area (Å²) in [5.74, 6) is 0.725. The van der Waals surface area contributed by atoms with Gasteiger partial charge in [-0.2, -0.15) is 0 Å². The molecule has 0 saturated carbocycles. The molecule has 2 unspecified atom stereocenters. The molecular formula is C9H18N2O. The number of nitrogens with zero attached hydrogens (tertiary/aromatic N) is 1. The molecule has 70 valence electrons. The summed E-state index contributed by atoms with van der Waals surface area (Å²) in [5, 5.41) is 0. The summed E-state index contributed by atoms with van der Waals surface area (Å²) < 4.78 is 0. The predicted molar refractivity (Wildman–Crippen MR) is 48.6 cm³/mol. The minimum absolute atomic E-state index is 0.186. The number of hydrogen-bond donors (Lipinski definition) is 1. The van der Waals surface area contributed by atoms with Crippen LogP contribution in [0.2, 0.25) is 0 Å². The van der Waals surface area contributed by atoms with E-state index in [1.807, 2.05) is 11.8 Å². The second kappa shape index (κ2) is 3.90. The molecule has 0 aromatic carbocycles. The van der Waals surface area contributed by atoms with Crippen LogP contribution < -0.4 is 5.73 Å². The van der Waals surface area contributed by atoms with Crippen molar-refractivity contribution in [3.05, 3.63) is 0 Å². The lowest BCUT2D eigenvalue weighted by Gasteiger charge is -2.14. The summed E-state index contributed by atoms with van der Waals surface area (Å²) in [6.45, 7) is 5.72. The zero-order valence-electron chi connectivity index (χ0n) is 7.92. The van der Waals surface area contributed by atoms with E-state index >= 15 is 0 Å². The highest BCUT2D eigenvalue weighted by atomic mass is 16.2. The Morgan fingerprint density at radius 3 is 2.67 bits per heavy atom. The van der Waals surface area contributed by atoms with E-state index in [9.17, 15) is 4.79 Å². The highest BCUT2D eigenvalue weighted by Crippen LogP contribution is 2.15. The fourth-order valence-electron chi connectivity index (χ4n) is 1.57. The normalized spacial score (nSPS) is 29.4. The minimum atomic E-state index is 0.186. The van der Waals surface area contributed by atoms with Crippen molar-refractivity contribution in [3.63, 3.8) is 0 Å². The van der Waals surface area contributed by atoms with Crippen molar-refractivity contribution in [2.24, 2.45) is 11.7 Å². The smallest absolute Gasteiger partial charge is 0.222 e. The Kier molecular flexibility index (Phi) is 3.09. The summed E-state index contributed by atoms with van der Waals surface area (Å²) >= 11 is 0. The summed E-state index contributed by atoms with van der Waals surface area (Å²) in [6, 6.07) is 0.186. The van der Waals surface area contributed by atoms with E-state index in [2.05, 4.69) is 6.92 Å². The molecule has 0 aromatic rings. The Morgan fingerprint density at radius 2 is 2.25 bits per heavy atom. The Labute approximate surface area is 73.9 Å². The molecule has 0 bridgehead atoms. The van der Waals surface area contributed by atoms with Crippen LogP contribution in [0.1, 0.15) is 26.7 Å². The van der Waals surface area contributed by atoms with E-state index in [1.165, 1.54) is 0 Å². The molecule has 1 amide bonds. The van der Waals surface area contributed by atoms with Crippen LogP contribution in [-0.2, 0) is 4.79 Å². The van der Waals surface area contributed by atoms with Gasteiger partial charge in [0.15, 0.2) is 0 Å². The van der Waals surface area contributed by atoms with Gasteiger partial charge in [-0.05, 0) is 12.3 Å². The highest BCUT2D eigenvalue weighted by Gasteiger charge is 2.28. The van der Waals surface area contributed by atoms with E-state index in [1.54, 1.807) is 0 Å². The lowest BCUT2D eigenvalue weighted by atomic mass is 10.1. The molecular weight excluding hydrogens is 152 g/mol. The number of hydrogen-bond acceptors (Lipinski definition) is 2. The molecule has 1 aliphatic heterocycles. The SMILES string of the molecule is CCCC(=O)N1CC(C)C(N)C1. The van der Waals surface area contributed by atoms with Crippen molar-refractivity contribution in [1.29, 1.82) is 0 Å². The number of carbonyl (C=O) groups is 1. The van der Waals surface area contributed by atoms with Gasteiger partial charge >= 0.3 is 0 Å². The zero-order valence-corrected chi connectivity index (χ0v) is 7.92. The molecule has 1 saturated heterocycles. The number of carbonyl (C=O) groups excluding carboxylic acids is 1. The van der Waals surface area contributed by atoms with Crippen molar-refractivity contribution >= 4 is 5.91 Å². The van der Waals surface area contributed by atoms with E-state index in [0.29, 0.717) is 12.3 Å². The Hall–Kier alpha value is -0.570. The molecule has 1 rings (SSSR count). The fraction of sp³-hybridized carbons (Fsp3) is 0.889. The first kappa shape index (κ1) is 9.52. The van der Waals surface area contributed by atoms with Crippen molar-refractivity contribution in [1.82, 2.24) is 4.90 Å². The average Bonchev–Trinajstić information content (AvgIpc) is 2.33. The Bertz CT molecular complexity index is 160. The van der Waals surface area contributed by atoms with Crippen molar-refractivity contribution in [2.45, 2.75) is 32.7 Å². The van der Waals surface area contributed by atoms with Crippen LogP contribution >= 0.6 is 0 Å². The Morgan fingerprint density at radius 1 is 1.58 bits per heavy atom. The van der Waals surface area contributed by atoms with Crippen molar-refractivity contribution in [2.75, 3.05) is 13.1 Å². The molecule has 1 fully saturated rings. The molecule has 1 aliphatic rings. The maximum absolute atomic E-state index is 11.4. The third-order valence-corrected chi connectivity index (χ3v) is 2.49. The van der Waals surface area contributed by atoms with Crippen LogP contribution in [0.5, 0.6) is 0 Å². The van der Waals surface area contributed by atoms with E-state index in [-0.39, 0.29) is 11.9 Å². The van der Waals surface area contributed by atoms with E-state index < -0.39 is 0 Å². The molecule has 2 atom stereocenters. The molecule has 0 spiro atoms. The number of likely N-dealkylation sites (tertiary alicyclic amines) is 1. The molecule has 2 N–H and O–H groups in total. The van der Waals surface area contributed by atoms with Crippen LogP contribution in [0.15, 0.2) is 0 Å². The largest absolute Gasteiger partial charge is 0.341 e. The summed E-state index contributed by atoms with van der Waals surface area (Å²) in [4.78, 5) is 13.3. The predicted octanol–water partition coefficient (Wildman–Crippen LogP) is 0.592. The van der Waals surface area contributed by atoms with Gasteiger partial charge in [0.2, 0.25) is 5.91 Å². The molecule has 12 heavy (non-hydrogen) atoms. The molecule has 0 radical (unpaired) electrons. The van der Waals surface area contributed by atoms with Crippen LogP contribution in [0.4, 0.5) is 0 Å². The van der Waals surface area contributed by atoms with Crippen LogP contribution in [-0.4, -0.2) is 29.9 Å². The lowest BCUT2D eigenvalue weighted by molar-refractivity contribution is -0.130. The number of nitrogens with two attached hydrogens (primary N) is 1. The maximum atomic E-state index is 11.4. The van der Waals surface area contributed by atoms with Gasteiger partial charge in [0.1, 0.15) is 0 Å². The summed E-state index contributed by atoms with van der Waals surface area (Å²) in [5.41, 5.74) is 5.81. The molecule has 0 aliphatic carbocycles. The van der Waals surface area contributed by atoms with Gasteiger partial charge in [-0.1, -0.05) is 13.8 Å². The second-order valence-electron chi connectivity index (χ2n) is 3.69. The van der Waals surface area contributed by atoms with Gasteiger partial charge in [-0.25, -0.2) is 0 Å². The summed E-state index contributed by atoms with van der Waals surface area (Å²) in [6.07, 6.45) is 1.60. The topological polar surface area (TPSA) is 46.3 Å². The molecule has 0 aromatic heterocycles. The third-order valence-electron chi connectivity index (χ3n) is 2.49. The first-order chi connectivity index (χ1) is 5.65. The number of rotatable bonds is 2. The van der Waals surface area contributed by atoms with Crippen molar-refractivity contribution < 1.29 is 4.79 Å². The van der Waals surface area contributed by atoms with Gasteiger partial charge in [-0.3, -0.25) is 4.79 Å². The van der Waals surface area contributed by atoms with Gasteiger partial charge in [0, 0.05) is 25.6 Å². The van der Waals surface area contributed by atoms with Crippen LogP contribution in [0.3, 0.4) is 0 Å². The molecule has 3 nitrogen and oxygen atoms in total. The third kappa shape index (κ3) is 1.97. The highest BCUT2D eigenvalue weighted by molar-refractivity contribution is 5.76. The standard InChI is InChI=1S/C9H18N2O/c1-3-4-9(12)11-5-7(2)8(10)6-11/h7-8H,3-6,10H2,1-2H3. The second-order valence-corrected chi connectivity index (χ2v) is 3.69. The molecule has 1 heterocycles. The van der Waals surface area contributed by atoms with Gasteiger partial charge in [0.05, 0.1) is 0 Å². The van der Waals surface area contributed by atoms with Gasteiger partial charge in [0.25, 0.3) is 0 Å². The first-order valence-electron chi connectivity index (χ1n) is 4.68. The minimum Gasteiger partial charge on any atom is -0.341 e. The summed E-state index contributed by atoms with van der Waals surface area (Å²) in [7, 11) is 0. The average molecular weight is 170 g/mol. The van der Waals surface area contributed by atoms with Crippen LogP contribution in [0.25, 0.3) is 0 Å². The van der Waals surface area contributed by atoms with E-state index in [0.717, 1.165) is 19.5 Å². The fourth-order valence-corrected chi connectivity index (χ4v) is 1.57. The van der Waals surface area contributed by atoms with Gasteiger partial charge in [-0.15, -0.1) is 0 Å². The number of amides is 1. The monoisotopic (exact) mass is 170 g/mol.